The lowest BCUT2D eigenvalue weighted by Gasteiger charge is -2.30. The van der Waals surface area contributed by atoms with Gasteiger partial charge in [0.25, 0.3) is 0 Å². The number of benzene rings is 3. The molecule has 198 valence electrons. The van der Waals surface area contributed by atoms with Gasteiger partial charge in [0.2, 0.25) is 5.78 Å². The van der Waals surface area contributed by atoms with E-state index in [9.17, 15) is 4.79 Å². The predicted octanol–water partition coefficient (Wildman–Crippen LogP) is 5.04. The molecular formula is C30H31NO7. The van der Waals surface area contributed by atoms with E-state index in [1.54, 1.807) is 40.6 Å². The molecule has 2 heterocycles. The second-order valence-electron chi connectivity index (χ2n) is 9.19. The minimum Gasteiger partial charge on any atom is -0.493 e. The van der Waals surface area contributed by atoms with E-state index in [2.05, 4.69) is 4.90 Å². The number of carbonyl (C=O) groups excluding carboxylic acids is 1. The van der Waals surface area contributed by atoms with Crippen LogP contribution in [0.5, 0.6) is 34.5 Å². The third kappa shape index (κ3) is 4.75. The number of nitrogens with zero attached hydrogens (tertiary/aromatic N) is 1. The minimum atomic E-state index is -0.141. The van der Waals surface area contributed by atoms with Crippen LogP contribution in [0.4, 0.5) is 0 Å². The van der Waals surface area contributed by atoms with Gasteiger partial charge in [0, 0.05) is 13.1 Å². The molecule has 0 bridgehead atoms. The maximum absolute atomic E-state index is 13.4. The third-order valence-corrected chi connectivity index (χ3v) is 6.86. The molecule has 5 rings (SSSR count). The number of rotatable bonds is 8. The van der Waals surface area contributed by atoms with E-state index in [-0.39, 0.29) is 11.5 Å². The summed E-state index contributed by atoms with van der Waals surface area (Å²) in [4.78, 5) is 15.6. The molecule has 0 saturated carbocycles. The van der Waals surface area contributed by atoms with Crippen molar-refractivity contribution < 1.29 is 33.2 Å². The molecule has 3 aromatic carbocycles. The first kappa shape index (κ1) is 25.5. The highest BCUT2D eigenvalue weighted by molar-refractivity contribution is 6.16. The van der Waals surface area contributed by atoms with Crippen molar-refractivity contribution in [2.45, 2.75) is 19.9 Å². The molecule has 0 aliphatic carbocycles. The number of hydrogen-bond donors (Lipinski definition) is 0. The summed E-state index contributed by atoms with van der Waals surface area (Å²) >= 11 is 0. The summed E-state index contributed by atoms with van der Waals surface area (Å²) in [5, 5.41) is 0. The molecular weight excluding hydrogens is 486 g/mol. The Labute approximate surface area is 222 Å². The maximum atomic E-state index is 13.4. The van der Waals surface area contributed by atoms with Gasteiger partial charge in [-0.25, -0.2) is 0 Å². The molecule has 0 unspecified atom stereocenters. The Balaban J connectivity index is 1.37. The Hall–Kier alpha value is -4.17. The normalized spacial score (nSPS) is 15.4. The molecule has 0 saturated heterocycles. The van der Waals surface area contributed by atoms with Crippen molar-refractivity contribution in [1.82, 2.24) is 4.90 Å². The van der Waals surface area contributed by atoms with Crippen molar-refractivity contribution in [3.8, 4) is 34.5 Å². The molecule has 0 amide bonds. The zero-order valence-electron chi connectivity index (χ0n) is 22.3. The van der Waals surface area contributed by atoms with E-state index in [4.69, 9.17) is 28.4 Å². The summed E-state index contributed by atoms with van der Waals surface area (Å²) in [7, 11) is 6.42. The standard InChI is InChI=1S/C30H31NO7/c1-18-12-24-21(16-31(17-37-24)11-10-19-6-8-22(33-2)25(13-19)35-4)30-28(18)29(32)27(38-30)15-20-7-9-23(34-3)26(14-20)36-5/h6-9,12-15H,10-11,16-17H2,1-5H3/b27-15+. The molecule has 8 heteroatoms. The monoisotopic (exact) mass is 517 g/mol. The largest absolute Gasteiger partial charge is 0.493 e. The zero-order chi connectivity index (χ0) is 26.8. The van der Waals surface area contributed by atoms with Crippen molar-refractivity contribution in [2.24, 2.45) is 0 Å². The lowest BCUT2D eigenvalue weighted by atomic mass is 9.98. The van der Waals surface area contributed by atoms with Crippen molar-refractivity contribution >= 4 is 11.9 Å². The Morgan fingerprint density at radius 2 is 1.58 bits per heavy atom. The quantitative estimate of drug-likeness (QED) is 0.385. The summed E-state index contributed by atoms with van der Waals surface area (Å²) in [6.07, 6.45) is 2.53. The highest BCUT2D eigenvalue weighted by Gasteiger charge is 2.35. The predicted molar refractivity (Wildman–Crippen MR) is 143 cm³/mol. The third-order valence-electron chi connectivity index (χ3n) is 6.86. The molecule has 38 heavy (non-hydrogen) atoms. The van der Waals surface area contributed by atoms with Crippen molar-refractivity contribution in [1.29, 1.82) is 0 Å². The van der Waals surface area contributed by atoms with E-state index >= 15 is 0 Å². The fraction of sp³-hybridized carbons (Fsp3) is 0.300. The topological polar surface area (TPSA) is 75.7 Å². The number of fused-ring (bicyclic) bond motifs is 3. The summed E-state index contributed by atoms with van der Waals surface area (Å²) in [6, 6.07) is 13.3. The average Bonchev–Trinajstić information content (AvgIpc) is 3.28. The molecule has 0 radical (unpaired) electrons. The van der Waals surface area contributed by atoms with Crippen LogP contribution >= 0.6 is 0 Å². The summed E-state index contributed by atoms with van der Waals surface area (Å²) in [5.41, 5.74) is 4.21. The number of allylic oxidation sites excluding steroid dienone is 1. The molecule has 2 aliphatic rings. The Bertz CT molecular complexity index is 1410. The van der Waals surface area contributed by atoms with E-state index in [1.807, 2.05) is 43.3 Å². The van der Waals surface area contributed by atoms with E-state index < -0.39 is 0 Å². The SMILES string of the molecule is COc1ccc(/C=C2/Oc3c4c(cc(C)c3C2=O)OCN(CCc2ccc(OC)c(OC)c2)C4)cc1OC. The summed E-state index contributed by atoms with van der Waals surface area (Å²) < 4.78 is 33.8. The highest BCUT2D eigenvalue weighted by atomic mass is 16.5. The number of hydrogen-bond acceptors (Lipinski definition) is 8. The van der Waals surface area contributed by atoms with Crippen LogP contribution in [0.3, 0.4) is 0 Å². The first-order chi connectivity index (χ1) is 18.4. The zero-order valence-corrected chi connectivity index (χ0v) is 22.3. The van der Waals surface area contributed by atoms with Crippen molar-refractivity contribution in [3.05, 3.63) is 76.0 Å². The van der Waals surface area contributed by atoms with Crippen LogP contribution in [-0.2, 0) is 13.0 Å². The first-order valence-corrected chi connectivity index (χ1v) is 12.3. The van der Waals surface area contributed by atoms with Crippen LogP contribution in [0.15, 0.2) is 48.2 Å². The molecule has 0 spiro atoms. The Morgan fingerprint density at radius 1 is 0.895 bits per heavy atom. The average molecular weight is 518 g/mol. The fourth-order valence-electron chi connectivity index (χ4n) is 4.84. The van der Waals surface area contributed by atoms with Crippen LogP contribution in [-0.4, -0.2) is 52.4 Å². The van der Waals surface area contributed by atoms with Gasteiger partial charge >= 0.3 is 0 Å². The van der Waals surface area contributed by atoms with Crippen LogP contribution in [0.2, 0.25) is 0 Å². The van der Waals surface area contributed by atoms with Gasteiger partial charge < -0.3 is 28.4 Å². The smallest absolute Gasteiger partial charge is 0.232 e. The van der Waals surface area contributed by atoms with Gasteiger partial charge in [-0.3, -0.25) is 9.69 Å². The first-order valence-electron chi connectivity index (χ1n) is 12.3. The lowest BCUT2D eigenvalue weighted by molar-refractivity contribution is 0.0949. The number of Topliss-reactive ketones (excluding diaryl/α,β-unsaturated/α-hetero) is 1. The van der Waals surface area contributed by atoms with E-state index in [1.165, 1.54) is 0 Å². The Kier molecular flexibility index (Phi) is 7.15. The molecule has 0 atom stereocenters. The van der Waals surface area contributed by atoms with Gasteiger partial charge in [0.05, 0.1) is 39.6 Å². The summed E-state index contributed by atoms with van der Waals surface area (Å²) in [5.74, 6) is 4.07. The fourth-order valence-corrected chi connectivity index (χ4v) is 4.84. The number of aryl methyl sites for hydroxylation is 1. The molecule has 2 aliphatic heterocycles. The van der Waals surface area contributed by atoms with Gasteiger partial charge in [0.15, 0.2) is 28.8 Å². The van der Waals surface area contributed by atoms with Gasteiger partial charge in [-0.2, -0.15) is 0 Å². The van der Waals surface area contributed by atoms with Gasteiger partial charge in [0.1, 0.15) is 18.2 Å². The number of methoxy groups -OCH3 is 4. The number of ether oxygens (including phenoxy) is 6. The van der Waals surface area contributed by atoms with Gasteiger partial charge in [-0.1, -0.05) is 12.1 Å². The minimum absolute atomic E-state index is 0.141. The second-order valence-corrected chi connectivity index (χ2v) is 9.19. The highest BCUT2D eigenvalue weighted by Crippen LogP contribution is 2.44. The van der Waals surface area contributed by atoms with Crippen LogP contribution in [0.25, 0.3) is 6.08 Å². The molecule has 0 N–H and O–H groups in total. The van der Waals surface area contributed by atoms with Crippen molar-refractivity contribution in [3.63, 3.8) is 0 Å². The van der Waals surface area contributed by atoms with Crippen LogP contribution in [0.1, 0.15) is 32.6 Å². The second kappa shape index (κ2) is 10.7. The van der Waals surface area contributed by atoms with Gasteiger partial charge in [-0.15, -0.1) is 0 Å². The lowest BCUT2D eigenvalue weighted by Crippen LogP contribution is -2.34. The Morgan fingerprint density at radius 3 is 2.29 bits per heavy atom. The molecule has 3 aromatic rings. The molecule has 0 aromatic heterocycles. The van der Waals surface area contributed by atoms with E-state index in [0.29, 0.717) is 47.6 Å². The number of ketones is 1. The summed E-state index contributed by atoms with van der Waals surface area (Å²) in [6.45, 7) is 3.75. The van der Waals surface area contributed by atoms with Crippen LogP contribution in [0, 0.1) is 6.92 Å². The van der Waals surface area contributed by atoms with Crippen LogP contribution < -0.4 is 28.4 Å². The maximum Gasteiger partial charge on any atom is 0.232 e. The van der Waals surface area contributed by atoms with Crippen molar-refractivity contribution in [2.75, 3.05) is 41.7 Å². The molecule has 8 nitrogen and oxygen atoms in total. The number of carbonyl (C=O) groups is 1. The van der Waals surface area contributed by atoms with E-state index in [0.717, 1.165) is 41.0 Å². The molecule has 0 fully saturated rings. The van der Waals surface area contributed by atoms with Gasteiger partial charge in [-0.05, 0) is 66.4 Å².